The predicted molar refractivity (Wildman–Crippen MR) is 90.6 cm³/mol. The molecule has 126 valence electrons. The second-order valence-corrected chi connectivity index (χ2v) is 5.23. The lowest BCUT2D eigenvalue weighted by Gasteiger charge is -2.08. The molecule has 0 aliphatic carbocycles. The first kappa shape index (κ1) is 16.1. The molecule has 9 nitrogen and oxygen atoms in total. The fourth-order valence-electron chi connectivity index (χ4n) is 2.40. The lowest BCUT2D eigenvalue weighted by atomic mass is 10.2. The van der Waals surface area contributed by atoms with Crippen LogP contribution >= 0.6 is 0 Å². The maximum absolute atomic E-state index is 12.3. The SMILES string of the molecule is O=C(Cn1[nH]c(=O)c2ccccc2c1=O)Nc1cccc([N+](=O)[O-])c1. The molecular formula is C16H12N4O5. The molecule has 1 aromatic heterocycles. The number of nitrogens with zero attached hydrogens (tertiary/aromatic N) is 2. The van der Waals surface area contributed by atoms with E-state index in [0.717, 1.165) is 4.68 Å². The lowest BCUT2D eigenvalue weighted by Crippen LogP contribution is -2.34. The lowest BCUT2D eigenvalue weighted by molar-refractivity contribution is -0.384. The zero-order chi connectivity index (χ0) is 18.0. The van der Waals surface area contributed by atoms with E-state index in [1.54, 1.807) is 12.1 Å². The summed E-state index contributed by atoms with van der Waals surface area (Å²) >= 11 is 0. The maximum atomic E-state index is 12.3. The number of hydrogen-bond donors (Lipinski definition) is 2. The molecule has 0 unspecified atom stereocenters. The standard InChI is InChI=1S/C16H12N4O5/c21-14(17-10-4-3-5-11(8-10)20(24)25)9-19-16(23)13-7-2-1-6-12(13)15(22)18-19/h1-8H,9H2,(H,17,21)(H,18,22). The number of aromatic amines is 1. The molecule has 0 fully saturated rings. The zero-order valence-corrected chi connectivity index (χ0v) is 12.8. The summed E-state index contributed by atoms with van der Waals surface area (Å²) in [5.74, 6) is -0.603. The van der Waals surface area contributed by atoms with Crippen molar-refractivity contribution in [1.82, 2.24) is 9.78 Å². The van der Waals surface area contributed by atoms with Crippen molar-refractivity contribution < 1.29 is 9.72 Å². The molecule has 0 saturated heterocycles. The Kier molecular flexibility index (Phi) is 4.12. The minimum Gasteiger partial charge on any atom is -0.324 e. The van der Waals surface area contributed by atoms with Gasteiger partial charge in [-0.2, -0.15) is 0 Å². The highest BCUT2D eigenvalue weighted by Gasteiger charge is 2.12. The summed E-state index contributed by atoms with van der Waals surface area (Å²) in [6, 6.07) is 11.7. The Balaban J connectivity index is 1.87. The predicted octanol–water partition coefficient (Wildman–Crippen LogP) is 1.24. The van der Waals surface area contributed by atoms with Crippen LogP contribution in [0.4, 0.5) is 11.4 Å². The van der Waals surface area contributed by atoms with Crippen molar-refractivity contribution in [2.45, 2.75) is 6.54 Å². The molecule has 0 aliphatic heterocycles. The average molecular weight is 340 g/mol. The van der Waals surface area contributed by atoms with E-state index < -0.39 is 28.5 Å². The molecule has 9 heteroatoms. The fraction of sp³-hybridized carbons (Fsp3) is 0.0625. The number of amides is 1. The molecule has 0 spiro atoms. The van der Waals surface area contributed by atoms with E-state index in [4.69, 9.17) is 0 Å². The second-order valence-electron chi connectivity index (χ2n) is 5.23. The van der Waals surface area contributed by atoms with Crippen LogP contribution in [0.25, 0.3) is 10.8 Å². The molecule has 2 N–H and O–H groups in total. The van der Waals surface area contributed by atoms with Gasteiger partial charge in [0.05, 0.1) is 15.7 Å². The first-order chi connectivity index (χ1) is 12.0. The van der Waals surface area contributed by atoms with Crippen LogP contribution in [-0.4, -0.2) is 20.6 Å². The molecule has 0 radical (unpaired) electrons. The van der Waals surface area contributed by atoms with Gasteiger partial charge in [0, 0.05) is 17.8 Å². The molecule has 1 heterocycles. The Labute approximate surface area is 139 Å². The van der Waals surface area contributed by atoms with Gasteiger partial charge < -0.3 is 5.32 Å². The Morgan fingerprint density at radius 3 is 2.56 bits per heavy atom. The van der Waals surface area contributed by atoms with E-state index in [1.807, 2.05) is 0 Å². The van der Waals surface area contributed by atoms with E-state index in [-0.39, 0.29) is 22.1 Å². The van der Waals surface area contributed by atoms with Crippen LogP contribution in [-0.2, 0) is 11.3 Å². The molecule has 0 saturated carbocycles. The largest absolute Gasteiger partial charge is 0.324 e. The van der Waals surface area contributed by atoms with E-state index >= 15 is 0 Å². The van der Waals surface area contributed by atoms with Crippen LogP contribution in [0, 0.1) is 10.1 Å². The van der Waals surface area contributed by atoms with Crippen molar-refractivity contribution in [2.24, 2.45) is 0 Å². The van der Waals surface area contributed by atoms with Crippen LogP contribution in [0.1, 0.15) is 0 Å². The number of hydrogen-bond acceptors (Lipinski definition) is 5. The van der Waals surface area contributed by atoms with E-state index in [9.17, 15) is 24.5 Å². The van der Waals surface area contributed by atoms with Crippen LogP contribution in [0.3, 0.4) is 0 Å². The van der Waals surface area contributed by atoms with Crippen LogP contribution in [0.2, 0.25) is 0 Å². The number of carbonyl (C=O) groups excluding carboxylic acids is 1. The summed E-state index contributed by atoms with van der Waals surface area (Å²) in [6.07, 6.45) is 0. The third kappa shape index (κ3) is 3.29. The molecule has 0 bridgehead atoms. The summed E-state index contributed by atoms with van der Waals surface area (Å²) in [5, 5.41) is 16.0. The Bertz CT molecular complexity index is 1100. The molecule has 1 amide bonds. The average Bonchev–Trinajstić information content (AvgIpc) is 2.59. The molecular weight excluding hydrogens is 328 g/mol. The van der Waals surface area contributed by atoms with Gasteiger partial charge in [0.1, 0.15) is 6.54 Å². The Morgan fingerprint density at radius 1 is 1.12 bits per heavy atom. The number of aromatic nitrogens is 2. The minimum atomic E-state index is -0.603. The monoisotopic (exact) mass is 340 g/mol. The smallest absolute Gasteiger partial charge is 0.273 e. The van der Waals surface area contributed by atoms with Gasteiger partial charge in [-0.15, -0.1) is 0 Å². The highest BCUT2D eigenvalue weighted by Crippen LogP contribution is 2.16. The highest BCUT2D eigenvalue weighted by molar-refractivity contribution is 5.91. The third-order valence-electron chi connectivity index (χ3n) is 3.53. The van der Waals surface area contributed by atoms with Crippen molar-refractivity contribution >= 4 is 28.1 Å². The van der Waals surface area contributed by atoms with Crippen LogP contribution < -0.4 is 16.4 Å². The number of non-ortho nitro benzene ring substituents is 1. The summed E-state index contributed by atoms with van der Waals surface area (Å²) < 4.78 is 0.900. The normalized spacial score (nSPS) is 10.6. The summed E-state index contributed by atoms with van der Waals surface area (Å²) in [7, 11) is 0. The van der Waals surface area contributed by atoms with Crippen molar-refractivity contribution in [3.8, 4) is 0 Å². The number of nitro benzene ring substituents is 1. The Hall–Kier alpha value is -3.75. The van der Waals surface area contributed by atoms with Gasteiger partial charge >= 0.3 is 0 Å². The van der Waals surface area contributed by atoms with E-state index in [2.05, 4.69) is 10.4 Å². The van der Waals surface area contributed by atoms with Crippen LogP contribution in [0.5, 0.6) is 0 Å². The maximum Gasteiger partial charge on any atom is 0.273 e. The van der Waals surface area contributed by atoms with Crippen molar-refractivity contribution in [3.63, 3.8) is 0 Å². The number of benzene rings is 2. The van der Waals surface area contributed by atoms with Crippen molar-refractivity contribution in [3.05, 3.63) is 79.4 Å². The number of H-pyrrole nitrogens is 1. The van der Waals surface area contributed by atoms with Crippen molar-refractivity contribution in [1.29, 1.82) is 0 Å². The number of nitrogens with one attached hydrogen (secondary N) is 2. The van der Waals surface area contributed by atoms with Gasteiger partial charge in [-0.05, 0) is 18.2 Å². The third-order valence-corrected chi connectivity index (χ3v) is 3.53. The topological polar surface area (TPSA) is 127 Å². The molecule has 3 rings (SSSR count). The van der Waals surface area contributed by atoms with Gasteiger partial charge in [0.25, 0.3) is 16.8 Å². The summed E-state index contributed by atoms with van der Waals surface area (Å²) in [5.41, 5.74) is -0.952. The Morgan fingerprint density at radius 2 is 1.84 bits per heavy atom. The first-order valence-corrected chi connectivity index (χ1v) is 7.22. The molecule has 2 aromatic carbocycles. The fourth-order valence-corrected chi connectivity index (χ4v) is 2.40. The van der Waals surface area contributed by atoms with Gasteiger partial charge in [-0.1, -0.05) is 18.2 Å². The number of carbonyl (C=O) groups is 1. The molecule has 0 atom stereocenters. The molecule has 0 aliphatic rings. The van der Waals surface area contributed by atoms with E-state index in [1.165, 1.54) is 36.4 Å². The summed E-state index contributed by atoms with van der Waals surface area (Å²) in [4.78, 5) is 46.6. The second kappa shape index (κ2) is 6.40. The van der Waals surface area contributed by atoms with Gasteiger partial charge in [0.2, 0.25) is 5.91 Å². The number of fused-ring (bicyclic) bond motifs is 1. The van der Waals surface area contributed by atoms with Gasteiger partial charge in [-0.3, -0.25) is 29.6 Å². The summed E-state index contributed by atoms with van der Waals surface area (Å²) in [6.45, 7) is -0.429. The molecule has 25 heavy (non-hydrogen) atoms. The first-order valence-electron chi connectivity index (χ1n) is 7.22. The number of nitro groups is 1. The van der Waals surface area contributed by atoms with Gasteiger partial charge in [-0.25, -0.2) is 4.68 Å². The van der Waals surface area contributed by atoms with Crippen molar-refractivity contribution in [2.75, 3.05) is 5.32 Å². The minimum absolute atomic E-state index is 0.172. The van der Waals surface area contributed by atoms with E-state index in [0.29, 0.717) is 0 Å². The highest BCUT2D eigenvalue weighted by atomic mass is 16.6. The number of anilines is 1. The van der Waals surface area contributed by atoms with Crippen LogP contribution in [0.15, 0.2) is 58.1 Å². The number of rotatable bonds is 4. The molecule has 3 aromatic rings. The zero-order valence-electron chi connectivity index (χ0n) is 12.8. The van der Waals surface area contributed by atoms with Gasteiger partial charge in [0.15, 0.2) is 0 Å². The quantitative estimate of drug-likeness (QED) is 0.545.